The molecule has 0 aliphatic heterocycles. The second-order valence-corrected chi connectivity index (χ2v) is 7.07. The highest BCUT2D eigenvalue weighted by Gasteiger charge is 2.40. The first-order valence-electron chi connectivity index (χ1n) is 6.02. The minimum absolute atomic E-state index is 0.953. The van der Waals surface area contributed by atoms with E-state index >= 15 is 0 Å². The molecule has 0 spiro atoms. The van der Waals surface area contributed by atoms with Crippen molar-refractivity contribution >= 4 is 30.8 Å². The second-order valence-electron chi connectivity index (χ2n) is 4.16. The smallest absolute Gasteiger partial charge is 0.373 e. The van der Waals surface area contributed by atoms with Crippen molar-refractivity contribution in [2.75, 3.05) is 21.3 Å². The van der Waals surface area contributed by atoms with Gasteiger partial charge in [-0.2, -0.15) is 0 Å². The van der Waals surface area contributed by atoms with Gasteiger partial charge in [0.05, 0.1) is 0 Å². The molecule has 19 heavy (non-hydrogen) atoms. The third-order valence-electron chi connectivity index (χ3n) is 3.29. The van der Waals surface area contributed by atoms with Crippen molar-refractivity contribution in [2.45, 2.75) is 0 Å². The van der Waals surface area contributed by atoms with Crippen LogP contribution >= 0.6 is 0 Å². The Kier molecular flexibility index (Phi) is 4.16. The fraction of sp³-hybridized carbons (Fsp3) is 0.200. The zero-order valence-corrected chi connectivity index (χ0v) is 12.5. The van der Waals surface area contributed by atoms with Gasteiger partial charge in [-0.1, -0.05) is 43.0 Å². The normalized spacial score (nSPS) is 11.7. The lowest BCUT2D eigenvalue weighted by atomic mass is 10.0. The summed E-state index contributed by atoms with van der Waals surface area (Å²) in [4.78, 5) is 0. The van der Waals surface area contributed by atoms with Crippen LogP contribution in [0, 0.1) is 0 Å². The van der Waals surface area contributed by atoms with Crippen molar-refractivity contribution in [2.24, 2.45) is 0 Å². The van der Waals surface area contributed by atoms with E-state index in [0.29, 0.717) is 0 Å². The first-order chi connectivity index (χ1) is 9.20. The summed E-state index contributed by atoms with van der Waals surface area (Å²) >= 11 is 0. The Morgan fingerprint density at radius 2 is 1.68 bits per heavy atom. The van der Waals surface area contributed by atoms with Crippen LogP contribution in [0.1, 0.15) is 5.56 Å². The summed E-state index contributed by atoms with van der Waals surface area (Å²) in [6.07, 6.45) is 1.86. The SMILES string of the molecule is C=Cc1cccc2cc([Si](OC)(OC)OC)ccc12. The van der Waals surface area contributed by atoms with E-state index < -0.39 is 8.80 Å². The first-order valence-corrected chi connectivity index (χ1v) is 7.74. The molecule has 4 heteroatoms. The molecule has 2 rings (SSSR count). The summed E-state index contributed by atoms with van der Waals surface area (Å²) < 4.78 is 16.5. The molecule has 0 N–H and O–H groups in total. The highest BCUT2D eigenvalue weighted by molar-refractivity contribution is 6.75. The van der Waals surface area contributed by atoms with Crippen LogP contribution in [0.2, 0.25) is 0 Å². The molecule has 0 atom stereocenters. The van der Waals surface area contributed by atoms with E-state index in [0.717, 1.165) is 21.5 Å². The van der Waals surface area contributed by atoms with Gasteiger partial charge in [-0.3, -0.25) is 0 Å². The molecule has 0 aromatic heterocycles. The summed E-state index contributed by atoms with van der Waals surface area (Å²) in [6, 6.07) is 12.2. The standard InChI is InChI=1S/C15H18O3Si/c1-5-12-7-6-8-13-11-14(9-10-15(12)13)19(16-2,17-3)18-4/h5-11H,1H2,2-4H3. The zero-order chi connectivity index (χ0) is 13.9. The van der Waals surface area contributed by atoms with Crippen LogP contribution in [0.4, 0.5) is 0 Å². The lowest BCUT2D eigenvalue weighted by Crippen LogP contribution is -2.54. The Morgan fingerprint density at radius 3 is 2.26 bits per heavy atom. The largest absolute Gasteiger partial charge is 0.536 e. The highest BCUT2D eigenvalue weighted by Crippen LogP contribution is 2.20. The van der Waals surface area contributed by atoms with Crippen LogP contribution in [-0.4, -0.2) is 30.1 Å². The van der Waals surface area contributed by atoms with Gasteiger partial charge < -0.3 is 13.3 Å². The van der Waals surface area contributed by atoms with Crippen LogP contribution < -0.4 is 5.19 Å². The summed E-state index contributed by atoms with van der Waals surface area (Å²) in [7, 11) is 2.08. The van der Waals surface area contributed by atoms with Crippen molar-refractivity contribution in [1.82, 2.24) is 0 Å². The second kappa shape index (κ2) is 5.67. The van der Waals surface area contributed by atoms with Crippen LogP contribution in [0.25, 0.3) is 16.8 Å². The van der Waals surface area contributed by atoms with E-state index in [9.17, 15) is 0 Å². The molecule has 2 aromatic carbocycles. The maximum Gasteiger partial charge on any atom is 0.536 e. The van der Waals surface area contributed by atoms with Crippen LogP contribution in [-0.2, 0) is 13.3 Å². The molecule has 0 saturated carbocycles. The van der Waals surface area contributed by atoms with Gasteiger partial charge in [0.15, 0.2) is 0 Å². The van der Waals surface area contributed by atoms with E-state index in [-0.39, 0.29) is 0 Å². The van der Waals surface area contributed by atoms with Crippen molar-refractivity contribution in [3.8, 4) is 0 Å². The summed E-state index contributed by atoms with van der Waals surface area (Å²) in [5.74, 6) is 0. The topological polar surface area (TPSA) is 27.7 Å². The summed E-state index contributed by atoms with van der Waals surface area (Å²) in [5.41, 5.74) is 1.11. The first kappa shape index (κ1) is 14.0. The highest BCUT2D eigenvalue weighted by atomic mass is 28.4. The minimum atomic E-state index is -2.76. The Balaban J connectivity index is 2.62. The van der Waals surface area contributed by atoms with Crippen LogP contribution in [0.3, 0.4) is 0 Å². The molecule has 0 amide bonds. The van der Waals surface area contributed by atoms with Gasteiger partial charge in [-0.25, -0.2) is 0 Å². The number of fused-ring (bicyclic) bond motifs is 1. The third-order valence-corrected chi connectivity index (χ3v) is 5.92. The predicted octanol–water partition coefficient (Wildman–Crippen LogP) is 2.57. The van der Waals surface area contributed by atoms with E-state index in [1.165, 1.54) is 0 Å². The monoisotopic (exact) mass is 274 g/mol. The van der Waals surface area contributed by atoms with Crippen molar-refractivity contribution < 1.29 is 13.3 Å². The lowest BCUT2D eigenvalue weighted by molar-refractivity contribution is 0.140. The Labute approximate surface area is 114 Å². The molecule has 3 nitrogen and oxygen atoms in total. The maximum atomic E-state index is 5.50. The molecule has 0 aliphatic carbocycles. The number of hydrogen-bond acceptors (Lipinski definition) is 3. The van der Waals surface area contributed by atoms with E-state index in [4.69, 9.17) is 13.3 Å². The minimum Gasteiger partial charge on any atom is -0.373 e. The number of hydrogen-bond donors (Lipinski definition) is 0. The van der Waals surface area contributed by atoms with Gasteiger partial charge in [0, 0.05) is 26.5 Å². The van der Waals surface area contributed by atoms with Gasteiger partial charge in [0.25, 0.3) is 0 Å². The molecule has 2 aromatic rings. The van der Waals surface area contributed by atoms with Crippen molar-refractivity contribution in [3.63, 3.8) is 0 Å². The molecule has 0 fully saturated rings. The number of benzene rings is 2. The predicted molar refractivity (Wildman–Crippen MR) is 80.5 cm³/mol. The van der Waals surface area contributed by atoms with Gasteiger partial charge in [-0.15, -0.1) is 0 Å². The molecule has 0 heterocycles. The molecular formula is C15H18O3Si. The summed E-state index contributed by atoms with van der Waals surface area (Å²) in [5, 5.41) is 3.24. The Morgan fingerprint density at radius 1 is 1.00 bits per heavy atom. The summed E-state index contributed by atoms with van der Waals surface area (Å²) in [6.45, 7) is 3.84. The lowest BCUT2D eigenvalue weighted by Gasteiger charge is -2.24. The fourth-order valence-corrected chi connectivity index (χ4v) is 4.11. The van der Waals surface area contributed by atoms with Gasteiger partial charge in [-0.05, 0) is 22.4 Å². The van der Waals surface area contributed by atoms with Crippen molar-refractivity contribution in [3.05, 3.63) is 48.5 Å². The molecule has 0 saturated heterocycles. The Bertz CT molecular complexity index is 583. The van der Waals surface area contributed by atoms with Crippen molar-refractivity contribution in [1.29, 1.82) is 0 Å². The molecular weight excluding hydrogens is 256 g/mol. The van der Waals surface area contributed by atoms with Crippen LogP contribution in [0.15, 0.2) is 43.0 Å². The molecule has 0 aliphatic rings. The fourth-order valence-electron chi connectivity index (χ4n) is 2.28. The Hall–Kier alpha value is -1.46. The quantitative estimate of drug-likeness (QED) is 0.784. The van der Waals surface area contributed by atoms with E-state index in [1.54, 1.807) is 21.3 Å². The van der Waals surface area contributed by atoms with Crippen LogP contribution in [0.5, 0.6) is 0 Å². The average Bonchev–Trinajstić information content (AvgIpc) is 2.48. The van der Waals surface area contributed by atoms with E-state index in [1.807, 2.05) is 24.3 Å². The average molecular weight is 274 g/mol. The van der Waals surface area contributed by atoms with Gasteiger partial charge in [0.2, 0.25) is 0 Å². The van der Waals surface area contributed by atoms with E-state index in [2.05, 4.69) is 24.8 Å². The molecule has 0 radical (unpaired) electrons. The van der Waals surface area contributed by atoms with Gasteiger partial charge >= 0.3 is 8.80 Å². The molecule has 100 valence electrons. The molecule has 0 unspecified atom stereocenters. The van der Waals surface area contributed by atoms with Gasteiger partial charge in [0.1, 0.15) is 0 Å². The third kappa shape index (κ3) is 2.35. The zero-order valence-electron chi connectivity index (χ0n) is 11.5. The number of rotatable bonds is 5. The molecule has 0 bridgehead atoms. The maximum absolute atomic E-state index is 5.50.